The number of aromatic amines is 1. The molecule has 0 saturated heterocycles. The van der Waals surface area contributed by atoms with Crippen LogP contribution in [0.1, 0.15) is 212 Å². The van der Waals surface area contributed by atoms with Crippen LogP contribution in [-0.2, 0) is 0 Å². The van der Waals surface area contributed by atoms with E-state index in [9.17, 15) is 0 Å². The largest absolute Gasteiger partial charge is 0.452 e. The number of hydrogen-bond acceptors (Lipinski definition) is 25. The maximum absolute atomic E-state index is 4.47. The Morgan fingerprint density at radius 3 is 1.03 bits per heavy atom. The highest BCUT2D eigenvalue weighted by molar-refractivity contribution is 7.07. The fraction of sp³-hybridized carbons (Fsp3) is 0.619. The molecule has 10 rings (SSSR count). The Morgan fingerprint density at radius 2 is 0.910 bits per heavy atom. The number of nitrogens with zero attached hydrogens (tertiary/aromatic N) is 16. The number of hydrogen-bond donors (Lipinski definition) is 1. The number of oxazole rings is 1. The summed E-state index contributed by atoms with van der Waals surface area (Å²) in [6.07, 6.45) is 23.2. The Hall–Kier alpha value is -5.80. The van der Waals surface area contributed by atoms with Crippen molar-refractivity contribution in [1.82, 2.24) is 82.5 Å². The van der Waals surface area contributed by atoms with E-state index in [1.54, 1.807) is 76.9 Å². The van der Waals surface area contributed by atoms with E-state index in [1.807, 2.05) is 28.4 Å². The van der Waals surface area contributed by atoms with E-state index in [0.717, 1.165) is 59.0 Å². The molecule has 10 heterocycles. The van der Waals surface area contributed by atoms with Gasteiger partial charge in [-0.1, -0.05) is 210 Å². The van der Waals surface area contributed by atoms with Gasteiger partial charge in [0.05, 0.1) is 47.9 Å². The van der Waals surface area contributed by atoms with Gasteiger partial charge in [-0.05, 0) is 99.8 Å². The Morgan fingerprint density at radius 1 is 0.382 bits per heavy atom. The van der Waals surface area contributed by atoms with Crippen LogP contribution in [0.25, 0.3) is 0 Å². The van der Waals surface area contributed by atoms with E-state index in [-0.39, 0.29) is 0 Å². The van der Waals surface area contributed by atoms with Crippen molar-refractivity contribution in [2.45, 2.75) is 207 Å². The lowest BCUT2D eigenvalue weighted by molar-refractivity contribution is 0.416. The van der Waals surface area contributed by atoms with Gasteiger partial charge in [-0.2, -0.15) is 13.1 Å². The van der Waals surface area contributed by atoms with Crippen molar-refractivity contribution in [1.29, 1.82) is 0 Å². The van der Waals surface area contributed by atoms with Crippen LogP contribution < -0.4 is 0 Å². The zero-order valence-electron chi connectivity index (χ0n) is 59.9. The number of aromatic nitrogens is 17. The number of rotatable bonds is 1. The molecule has 0 bridgehead atoms. The van der Waals surface area contributed by atoms with Gasteiger partial charge in [0.25, 0.3) is 0 Å². The van der Waals surface area contributed by atoms with Gasteiger partial charge in [0.1, 0.15) is 29.1 Å². The van der Waals surface area contributed by atoms with Crippen molar-refractivity contribution in [2.24, 2.45) is 53.3 Å². The quantitative estimate of drug-likeness (QED) is 0.160. The minimum absolute atomic E-state index is 0.522. The molecule has 26 heteroatoms. The molecule has 0 aliphatic rings. The first-order valence-electron chi connectivity index (χ1n) is 29.6. The first kappa shape index (κ1) is 102. The zero-order chi connectivity index (χ0) is 70.0. The lowest BCUT2D eigenvalue weighted by Crippen LogP contribution is -1.83. The second-order valence-electron chi connectivity index (χ2n) is 23.3. The van der Waals surface area contributed by atoms with Crippen LogP contribution in [0.15, 0.2) is 152 Å². The average molecular weight is 1360 g/mol. The molecule has 0 fully saturated rings. The lowest BCUT2D eigenvalue weighted by atomic mass is 10.2. The topological polar surface area (TPSA) is 261 Å². The first-order chi connectivity index (χ1) is 41.9. The molecular formula is C63H121N17O3S6. The predicted molar refractivity (Wildman–Crippen MR) is 386 cm³/mol. The number of nitrogens with one attached hydrogen (secondary N) is 1. The molecule has 0 radical (unpaired) electrons. The summed E-state index contributed by atoms with van der Waals surface area (Å²) in [5.74, 6) is 8.02. The highest BCUT2D eigenvalue weighted by Crippen LogP contribution is 2.09. The number of H-pyrrole nitrogens is 1. The minimum Gasteiger partial charge on any atom is -0.452 e. The van der Waals surface area contributed by atoms with Crippen molar-refractivity contribution in [2.75, 3.05) is 0 Å². The Balaban J connectivity index is -0.000000109. The SMILES string of the molecule is CC(C)C.CC(C)C.CC(C)C.CC(C)C.CC(C)C.CC(C)C.CC(C)C.CC(C)C.CC(C)C.CC(C)c1cnsn1.c1c[nH]cn1.c1cnsc1.c1cocn1.c1cscn1.c1csnn1.c1ncon1.c1ncsn1.c1nnco1.c1nncs1. The van der Waals surface area contributed by atoms with E-state index in [0.29, 0.717) is 5.92 Å². The number of imidazole rings is 1. The third kappa shape index (κ3) is 210. The minimum atomic E-state index is 0.522. The molecule has 1 N–H and O–H groups in total. The Kier molecular flexibility index (Phi) is 107. The molecule has 0 aliphatic heterocycles. The highest BCUT2D eigenvalue weighted by Gasteiger charge is 1.98. The van der Waals surface area contributed by atoms with Crippen molar-refractivity contribution in [3.8, 4) is 0 Å². The van der Waals surface area contributed by atoms with Gasteiger partial charge in [-0.25, -0.2) is 24.3 Å². The summed E-state index contributed by atoms with van der Waals surface area (Å²) in [6.45, 7) is 62.7. The summed E-state index contributed by atoms with van der Waals surface area (Å²) in [5.41, 5.74) is 7.93. The summed E-state index contributed by atoms with van der Waals surface area (Å²) in [6, 6.07) is 1.91. The van der Waals surface area contributed by atoms with Crippen LogP contribution in [0, 0.1) is 53.3 Å². The second kappa shape index (κ2) is 93.3. The lowest BCUT2D eigenvalue weighted by Gasteiger charge is -1.92. The van der Waals surface area contributed by atoms with Gasteiger partial charge >= 0.3 is 0 Å². The van der Waals surface area contributed by atoms with Gasteiger partial charge in [-0.15, -0.1) is 48.2 Å². The molecule has 0 amide bonds. The summed E-state index contributed by atoms with van der Waals surface area (Å²) < 4.78 is 31.9. The maximum atomic E-state index is 4.47. The van der Waals surface area contributed by atoms with Crippen LogP contribution in [-0.4, -0.2) is 82.5 Å². The third-order valence-electron chi connectivity index (χ3n) is 3.83. The molecule has 0 aromatic carbocycles. The summed E-state index contributed by atoms with van der Waals surface area (Å²) in [4.78, 5) is 20.8. The molecule has 0 aliphatic carbocycles. The number of thiazole rings is 1. The van der Waals surface area contributed by atoms with Crippen LogP contribution in [0.5, 0.6) is 0 Å². The van der Waals surface area contributed by atoms with Crippen molar-refractivity contribution in [3.63, 3.8) is 0 Å². The maximum Gasteiger partial charge on any atom is 0.213 e. The first-order valence-corrected chi connectivity index (χ1v) is 34.7. The molecule has 0 spiro atoms. The highest BCUT2D eigenvalue weighted by atomic mass is 32.1. The zero-order valence-corrected chi connectivity index (χ0v) is 64.8. The Labute approximate surface area is 565 Å². The molecule has 20 nitrogen and oxygen atoms in total. The Bertz CT molecular complexity index is 1630. The third-order valence-corrected chi connectivity index (χ3v) is 6.66. The van der Waals surface area contributed by atoms with Crippen LogP contribution in [0.4, 0.5) is 0 Å². The van der Waals surface area contributed by atoms with Crippen molar-refractivity contribution >= 4 is 69.0 Å². The van der Waals surface area contributed by atoms with E-state index >= 15 is 0 Å². The van der Waals surface area contributed by atoms with Gasteiger partial charge in [0, 0.05) is 40.9 Å². The fourth-order valence-electron chi connectivity index (χ4n) is 1.85. The predicted octanol–water partition coefficient (Wildman–Crippen LogP) is 21.7. The average Bonchev–Trinajstić information content (AvgIpc) is 4.38. The molecule has 10 aromatic heterocycles. The molecular weight excluding hydrogens is 1240 g/mol. The van der Waals surface area contributed by atoms with Crippen LogP contribution in [0.3, 0.4) is 0 Å². The van der Waals surface area contributed by atoms with Gasteiger partial charge < -0.3 is 18.3 Å². The smallest absolute Gasteiger partial charge is 0.213 e. The van der Waals surface area contributed by atoms with E-state index < -0.39 is 0 Å². The summed E-state index contributed by atoms with van der Waals surface area (Å²) in [7, 11) is 0. The standard InChI is InChI=1S/C5H8N2S.9C4H10.C3H4N2.C3H3NO.2C3H3NS.2C2H2N2O.3C2H2N2S/c1-4(2)5-3-6-8-7-5;9*1-4(2)3;3*1-2-5-3-4-1;1-2-4-5-3-1;1-3-4-2-5-1;1-3-2-5-4-1;1-3-4-2-5-1;1-3-2-5-4-1;1-2-5-4-3-1/h3-4H,1-2H3;9*4H,1-3H3;1-3H,(H,4,5);3*1-3H;5*1-2H. The molecule has 0 unspecified atom stereocenters. The molecule has 10 aromatic rings. The van der Waals surface area contributed by atoms with Gasteiger partial charge in [-0.3, -0.25) is 4.98 Å². The van der Waals surface area contributed by atoms with Crippen molar-refractivity contribution < 1.29 is 13.4 Å². The van der Waals surface area contributed by atoms with E-state index in [1.165, 1.54) is 102 Å². The van der Waals surface area contributed by atoms with Crippen LogP contribution >= 0.6 is 69.0 Å². The summed E-state index contributed by atoms with van der Waals surface area (Å²) in [5, 5.41) is 26.0. The van der Waals surface area contributed by atoms with Crippen molar-refractivity contribution in [3.05, 3.63) is 144 Å². The monoisotopic (exact) mass is 1360 g/mol. The normalized spacial score (nSPS) is 8.62. The molecule has 512 valence electrons. The van der Waals surface area contributed by atoms with Gasteiger partial charge in [0.15, 0.2) is 12.7 Å². The molecule has 89 heavy (non-hydrogen) atoms. The van der Waals surface area contributed by atoms with E-state index in [4.69, 9.17) is 0 Å². The molecule has 0 saturated carbocycles. The molecule has 0 atom stereocenters. The fourth-order valence-corrected chi connectivity index (χ4v) is 3.92. The summed E-state index contributed by atoms with van der Waals surface area (Å²) >= 11 is 8.53. The second-order valence-corrected chi connectivity index (χ2v) is 27.3. The van der Waals surface area contributed by atoms with E-state index in [2.05, 4.69) is 297 Å². The van der Waals surface area contributed by atoms with Crippen LogP contribution in [0.2, 0.25) is 0 Å². The van der Waals surface area contributed by atoms with Gasteiger partial charge in [0.2, 0.25) is 19.2 Å².